The lowest BCUT2D eigenvalue weighted by atomic mass is 10.2. The lowest BCUT2D eigenvalue weighted by Crippen LogP contribution is -2.33. The molecule has 1 saturated heterocycles. The van der Waals surface area contributed by atoms with Gasteiger partial charge in [0.1, 0.15) is 5.70 Å². The van der Waals surface area contributed by atoms with E-state index in [9.17, 15) is 39.6 Å². The van der Waals surface area contributed by atoms with Crippen molar-refractivity contribution in [1.29, 1.82) is 0 Å². The third kappa shape index (κ3) is 4.61. The van der Waals surface area contributed by atoms with Crippen LogP contribution >= 0.6 is 0 Å². The summed E-state index contributed by atoms with van der Waals surface area (Å²) in [6.07, 6.45) is 3.47. The van der Waals surface area contributed by atoms with Crippen molar-refractivity contribution in [3.05, 3.63) is 60.1 Å². The van der Waals surface area contributed by atoms with Crippen molar-refractivity contribution in [3.8, 4) is 0 Å². The Balaban J connectivity index is 1.96. The van der Waals surface area contributed by atoms with Gasteiger partial charge in [0.2, 0.25) is 10.0 Å². The fraction of sp³-hybridized carbons (Fsp3) is 0.211. The number of urea groups is 1. The Bertz CT molecular complexity index is 1420. The van der Waals surface area contributed by atoms with Gasteiger partial charge in [0.25, 0.3) is 15.7 Å². The molecule has 1 aliphatic heterocycles. The van der Waals surface area contributed by atoms with Crippen molar-refractivity contribution >= 4 is 43.2 Å². The standard InChI is InChI=1S/C19H17F3N4O6S2/c1-11-8-14(34(31,32)19(20,21)22)4-5-16(11)26-17(27)12(2)25(18(26)28)10-13-6-7-23-9-15(13)24-33(3,29)30/h4-9,24H,2,10H2,1,3H3. The van der Waals surface area contributed by atoms with E-state index in [0.717, 1.165) is 17.2 Å². The van der Waals surface area contributed by atoms with Crippen molar-refractivity contribution in [1.82, 2.24) is 9.88 Å². The van der Waals surface area contributed by atoms with Crippen LogP contribution in [-0.4, -0.2) is 50.4 Å². The number of carbonyl (C=O) groups excluding carboxylic acids is 2. The molecule has 182 valence electrons. The number of hydrogen-bond donors (Lipinski definition) is 1. The molecule has 0 aliphatic carbocycles. The number of hydrogen-bond acceptors (Lipinski definition) is 7. The zero-order valence-corrected chi connectivity index (χ0v) is 19.3. The summed E-state index contributed by atoms with van der Waals surface area (Å²) in [5.74, 6) is -0.883. The highest BCUT2D eigenvalue weighted by Gasteiger charge is 2.47. The van der Waals surface area contributed by atoms with Crippen LogP contribution in [-0.2, 0) is 31.2 Å². The minimum atomic E-state index is -5.63. The van der Waals surface area contributed by atoms with Gasteiger partial charge in [0, 0.05) is 6.20 Å². The Kier molecular flexibility index (Phi) is 6.21. The van der Waals surface area contributed by atoms with Crippen LogP contribution in [0.2, 0.25) is 0 Å². The quantitative estimate of drug-likeness (QED) is 0.459. The molecule has 0 bridgehead atoms. The van der Waals surface area contributed by atoms with E-state index in [2.05, 4.69) is 16.3 Å². The molecule has 0 saturated carbocycles. The lowest BCUT2D eigenvalue weighted by Gasteiger charge is -2.20. The number of rotatable bonds is 6. The second-order valence-corrected chi connectivity index (χ2v) is 11.0. The van der Waals surface area contributed by atoms with Crippen LogP contribution in [0.25, 0.3) is 0 Å². The van der Waals surface area contributed by atoms with E-state index >= 15 is 0 Å². The predicted molar refractivity (Wildman–Crippen MR) is 115 cm³/mol. The number of alkyl halides is 3. The average Bonchev–Trinajstić information content (AvgIpc) is 2.91. The molecule has 34 heavy (non-hydrogen) atoms. The van der Waals surface area contributed by atoms with E-state index in [1.165, 1.54) is 25.4 Å². The van der Waals surface area contributed by atoms with Crippen molar-refractivity contribution < 1.29 is 39.6 Å². The molecule has 3 rings (SSSR count). The summed E-state index contributed by atoms with van der Waals surface area (Å²) in [6, 6.07) is 2.79. The van der Waals surface area contributed by atoms with Crippen LogP contribution in [0.3, 0.4) is 0 Å². The first-order valence-corrected chi connectivity index (χ1v) is 12.6. The average molecular weight is 518 g/mol. The Morgan fingerprint density at radius 2 is 1.76 bits per heavy atom. The minimum Gasteiger partial charge on any atom is -0.284 e. The first-order chi connectivity index (χ1) is 15.5. The van der Waals surface area contributed by atoms with Crippen molar-refractivity contribution in [2.24, 2.45) is 0 Å². The number of sulfonamides is 1. The molecule has 2 aromatic rings. The minimum absolute atomic E-state index is 0.0642. The zero-order valence-electron chi connectivity index (χ0n) is 17.6. The molecule has 1 aromatic carbocycles. The van der Waals surface area contributed by atoms with Gasteiger partial charge in [-0.05, 0) is 42.3 Å². The molecule has 1 N–H and O–H groups in total. The Labute approximate surface area is 192 Å². The second kappa shape index (κ2) is 8.39. The highest BCUT2D eigenvalue weighted by Crippen LogP contribution is 2.35. The number of aryl methyl sites for hydroxylation is 1. The number of halogens is 3. The van der Waals surface area contributed by atoms with Gasteiger partial charge < -0.3 is 0 Å². The number of amides is 3. The summed E-state index contributed by atoms with van der Waals surface area (Å²) in [4.78, 5) is 30.2. The molecule has 10 nitrogen and oxygen atoms in total. The molecule has 1 fully saturated rings. The fourth-order valence-electron chi connectivity index (χ4n) is 3.15. The number of benzene rings is 1. The molecular formula is C19H17F3N4O6S2. The number of aromatic nitrogens is 1. The van der Waals surface area contributed by atoms with Gasteiger partial charge in [0.05, 0.1) is 35.3 Å². The topological polar surface area (TPSA) is 134 Å². The van der Waals surface area contributed by atoms with E-state index in [0.29, 0.717) is 17.0 Å². The number of carbonyl (C=O) groups is 2. The monoisotopic (exact) mass is 518 g/mol. The fourth-order valence-corrected chi connectivity index (χ4v) is 4.58. The molecule has 0 atom stereocenters. The molecular weight excluding hydrogens is 501 g/mol. The van der Waals surface area contributed by atoms with Gasteiger partial charge in [-0.3, -0.25) is 19.4 Å². The summed E-state index contributed by atoms with van der Waals surface area (Å²) in [7, 11) is -9.31. The largest absolute Gasteiger partial charge is 0.501 e. The Morgan fingerprint density at radius 1 is 1.12 bits per heavy atom. The maximum absolute atomic E-state index is 13.0. The number of anilines is 2. The molecule has 0 spiro atoms. The molecule has 1 aliphatic rings. The van der Waals surface area contributed by atoms with Crippen LogP contribution < -0.4 is 9.62 Å². The summed E-state index contributed by atoms with van der Waals surface area (Å²) in [5.41, 5.74) is -5.66. The van der Waals surface area contributed by atoms with E-state index in [1.807, 2.05) is 0 Å². The summed E-state index contributed by atoms with van der Waals surface area (Å²) >= 11 is 0. The van der Waals surface area contributed by atoms with Crippen molar-refractivity contribution in [3.63, 3.8) is 0 Å². The highest BCUT2D eigenvalue weighted by atomic mass is 32.2. The van der Waals surface area contributed by atoms with Gasteiger partial charge >= 0.3 is 11.5 Å². The van der Waals surface area contributed by atoms with Crippen LogP contribution in [0.15, 0.2) is 53.8 Å². The predicted octanol–water partition coefficient (Wildman–Crippen LogP) is 2.54. The third-order valence-corrected chi connectivity index (χ3v) is 6.83. The summed E-state index contributed by atoms with van der Waals surface area (Å²) in [5, 5.41) is 0. The van der Waals surface area contributed by atoms with Gasteiger partial charge in [-0.2, -0.15) is 13.2 Å². The van der Waals surface area contributed by atoms with Gasteiger partial charge in [-0.25, -0.2) is 26.5 Å². The number of imide groups is 1. The normalized spacial score (nSPS) is 15.3. The maximum atomic E-state index is 13.0. The van der Waals surface area contributed by atoms with Crippen molar-refractivity contribution in [2.45, 2.75) is 23.9 Å². The highest BCUT2D eigenvalue weighted by molar-refractivity contribution is 7.92. The molecule has 3 amide bonds. The smallest absolute Gasteiger partial charge is 0.284 e. The van der Waals surface area contributed by atoms with Crippen LogP contribution in [0.5, 0.6) is 0 Å². The van der Waals surface area contributed by atoms with Crippen molar-refractivity contribution in [2.75, 3.05) is 15.9 Å². The van der Waals surface area contributed by atoms with E-state index in [4.69, 9.17) is 0 Å². The zero-order chi connectivity index (χ0) is 25.6. The Morgan fingerprint density at radius 3 is 2.32 bits per heavy atom. The van der Waals surface area contributed by atoms with E-state index in [-0.39, 0.29) is 34.7 Å². The van der Waals surface area contributed by atoms with Crippen LogP contribution in [0.4, 0.5) is 29.3 Å². The molecule has 0 radical (unpaired) electrons. The molecule has 2 heterocycles. The number of nitrogens with one attached hydrogen (secondary N) is 1. The second-order valence-electron chi connectivity index (χ2n) is 7.26. The first kappa shape index (κ1) is 25.2. The van der Waals surface area contributed by atoms with Gasteiger partial charge in [-0.15, -0.1) is 0 Å². The summed E-state index contributed by atoms with van der Waals surface area (Å²) < 4.78 is 87.3. The van der Waals surface area contributed by atoms with E-state index in [1.54, 1.807) is 0 Å². The van der Waals surface area contributed by atoms with Gasteiger partial charge in [-0.1, -0.05) is 6.58 Å². The third-order valence-electron chi connectivity index (χ3n) is 4.76. The molecule has 1 aromatic heterocycles. The van der Waals surface area contributed by atoms with E-state index < -0.39 is 42.2 Å². The lowest BCUT2D eigenvalue weighted by molar-refractivity contribution is -0.114. The Hall–Kier alpha value is -3.46. The summed E-state index contributed by atoms with van der Waals surface area (Å²) in [6.45, 7) is 4.54. The van der Waals surface area contributed by atoms with Crippen LogP contribution in [0, 0.1) is 6.92 Å². The maximum Gasteiger partial charge on any atom is 0.501 e. The first-order valence-electron chi connectivity index (χ1n) is 9.22. The number of nitrogens with zero attached hydrogens (tertiary/aromatic N) is 3. The van der Waals surface area contributed by atoms with Gasteiger partial charge in [0.15, 0.2) is 0 Å². The molecule has 15 heteroatoms. The number of sulfone groups is 1. The van der Waals surface area contributed by atoms with Crippen LogP contribution in [0.1, 0.15) is 11.1 Å². The SMILES string of the molecule is C=C1C(=O)N(c2ccc(S(=O)(=O)C(F)(F)F)cc2C)C(=O)N1Cc1ccncc1NS(C)(=O)=O. The molecule has 0 unspecified atom stereocenters. The number of pyridine rings is 1.